The molecule has 2 N–H and O–H groups in total. The molecule has 0 atom stereocenters. The molecular formula is C30H37N5O5. The first-order chi connectivity index (χ1) is 18.8. The number of aromatic nitrogens is 3. The van der Waals surface area contributed by atoms with Crippen LogP contribution >= 0.6 is 0 Å². The van der Waals surface area contributed by atoms with E-state index in [1.54, 1.807) is 31.9 Å². The van der Waals surface area contributed by atoms with Gasteiger partial charge in [-0.25, -0.2) is 9.59 Å². The van der Waals surface area contributed by atoms with Gasteiger partial charge in [0.25, 0.3) is 5.56 Å². The van der Waals surface area contributed by atoms with Crippen molar-refractivity contribution in [3.05, 3.63) is 70.6 Å². The second-order valence-corrected chi connectivity index (χ2v) is 11.7. The molecule has 0 unspecified atom stereocenters. The number of nitrogens with one attached hydrogen (secondary N) is 2. The number of hydrogen-bond donors (Lipinski definition) is 2. The lowest BCUT2D eigenvalue weighted by molar-refractivity contribution is 0.0231. The van der Waals surface area contributed by atoms with E-state index in [1.807, 2.05) is 73.7 Å². The number of aromatic amines is 1. The summed E-state index contributed by atoms with van der Waals surface area (Å²) in [5.41, 5.74) is 2.34. The Bertz CT molecular complexity index is 1560. The van der Waals surface area contributed by atoms with Gasteiger partial charge in [-0.15, -0.1) is 0 Å². The maximum atomic E-state index is 13.0. The molecule has 212 valence electrons. The summed E-state index contributed by atoms with van der Waals surface area (Å²) in [6, 6.07) is 15.2. The number of amides is 2. The maximum Gasteiger partial charge on any atom is 0.410 e. The van der Waals surface area contributed by atoms with Crippen molar-refractivity contribution in [2.24, 2.45) is 0 Å². The number of carbonyl (C=O) groups excluding carboxylic acids is 2. The summed E-state index contributed by atoms with van der Waals surface area (Å²) >= 11 is 0. The van der Waals surface area contributed by atoms with Gasteiger partial charge in [-0.2, -0.15) is 4.98 Å². The summed E-state index contributed by atoms with van der Waals surface area (Å²) in [4.78, 5) is 46.7. The standard InChI is InChI=1S/C30H37N5O5/c1-29(2,3)39-27(37)31-16-9-17-34(28(38)40-30(4,5)6)18-20-12-14-21(15-13-20)22-19-35-24-11-8-7-10-23(24)32-26(35)33-25(22)36/h7-8,10-15,19H,9,16-18H2,1-6H3,(H,31,37)(H,32,33,36). The van der Waals surface area contributed by atoms with Crippen LogP contribution in [0.2, 0.25) is 0 Å². The Balaban J connectivity index is 1.48. The Morgan fingerprint density at radius 1 is 0.975 bits per heavy atom. The number of fused-ring (bicyclic) bond motifs is 3. The molecule has 10 heteroatoms. The molecule has 0 fully saturated rings. The Morgan fingerprint density at radius 3 is 2.33 bits per heavy atom. The highest BCUT2D eigenvalue weighted by molar-refractivity contribution is 5.80. The predicted octanol–water partition coefficient (Wildman–Crippen LogP) is 5.49. The molecule has 0 radical (unpaired) electrons. The number of hydrogen-bond acceptors (Lipinski definition) is 6. The second-order valence-electron chi connectivity index (χ2n) is 11.7. The van der Waals surface area contributed by atoms with Crippen molar-refractivity contribution in [3.8, 4) is 11.1 Å². The van der Waals surface area contributed by atoms with Crippen LogP contribution in [0.15, 0.2) is 59.5 Å². The van der Waals surface area contributed by atoms with Crippen LogP contribution in [0.5, 0.6) is 0 Å². The number of H-pyrrole nitrogens is 1. The van der Waals surface area contributed by atoms with E-state index in [-0.39, 0.29) is 5.56 Å². The van der Waals surface area contributed by atoms with Crippen LogP contribution in [0.25, 0.3) is 27.9 Å². The zero-order chi connectivity index (χ0) is 29.1. The van der Waals surface area contributed by atoms with Gasteiger partial charge in [-0.1, -0.05) is 36.4 Å². The summed E-state index contributed by atoms with van der Waals surface area (Å²) in [5.74, 6) is 0.487. The van der Waals surface area contributed by atoms with Gasteiger partial charge in [-0.05, 0) is 71.2 Å². The molecule has 2 heterocycles. The van der Waals surface area contributed by atoms with Crippen LogP contribution in [-0.4, -0.2) is 55.7 Å². The van der Waals surface area contributed by atoms with Crippen molar-refractivity contribution < 1.29 is 19.1 Å². The van der Waals surface area contributed by atoms with Gasteiger partial charge in [0.1, 0.15) is 11.2 Å². The first-order valence-corrected chi connectivity index (χ1v) is 13.3. The second kappa shape index (κ2) is 11.4. The third-order valence-corrected chi connectivity index (χ3v) is 5.90. The van der Waals surface area contributed by atoms with Crippen LogP contribution in [0, 0.1) is 0 Å². The molecule has 0 aliphatic carbocycles. The molecule has 0 aliphatic heterocycles. The van der Waals surface area contributed by atoms with Gasteiger partial charge in [0.2, 0.25) is 5.78 Å². The van der Waals surface area contributed by atoms with Crippen molar-refractivity contribution in [3.63, 3.8) is 0 Å². The Morgan fingerprint density at radius 2 is 1.65 bits per heavy atom. The summed E-state index contributed by atoms with van der Waals surface area (Å²) in [5, 5.41) is 2.72. The van der Waals surface area contributed by atoms with Gasteiger partial charge in [0.05, 0.1) is 16.6 Å². The zero-order valence-corrected chi connectivity index (χ0v) is 23.9. The number of imidazole rings is 1. The van der Waals surface area contributed by atoms with E-state index < -0.39 is 23.4 Å². The Hall–Kier alpha value is -4.34. The fourth-order valence-electron chi connectivity index (χ4n) is 4.18. The molecule has 0 aliphatic rings. The molecule has 0 spiro atoms. The molecule has 0 bridgehead atoms. The van der Waals surface area contributed by atoms with Crippen LogP contribution in [0.3, 0.4) is 0 Å². The van der Waals surface area contributed by atoms with Crippen LogP contribution in [0.4, 0.5) is 9.59 Å². The van der Waals surface area contributed by atoms with E-state index in [9.17, 15) is 14.4 Å². The summed E-state index contributed by atoms with van der Waals surface area (Å²) in [6.45, 7) is 11.9. The van der Waals surface area contributed by atoms with Gasteiger partial charge < -0.3 is 24.7 Å². The van der Waals surface area contributed by atoms with Gasteiger partial charge in [0, 0.05) is 25.8 Å². The number of carbonyl (C=O) groups is 2. The van der Waals surface area contributed by atoms with Crippen LogP contribution in [0.1, 0.15) is 53.5 Å². The number of alkyl carbamates (subject to hydrolysis) is 1. The molecular weight excluding hydrogens is 510 g/mol. The number of para-hydroxylation sites is 2. The first-order valence-electron chi connectivity index (χ1n) is 13.3. The molecule has 10 nitrogen and oxygen atoms in total. The minimum atomic E-state index is -0.649. The fourth-order valence-corrected chi connectivity index (χ4v) is 4.18. The smallest absolute Gasteiger partial charge is 0.410 e. The van der Waals surface area contributed by atoms with Crippen LogP contribution in [-0.2, 0) is 16.0 Å². The Kier molecular flexibility index (Phi) is 8.18. The largest absolute Gasteiger partial charge is 0.444 e. The van der Waals surface area contributed by atoms with Crippen molar-refractivity contribution in [2.45, 2.75) is 65.7 Å². The zero-order valence-electron chi connectivity index (χ0n) is 23.9. The molecule has 2 aromatic heterocycles. The van der Waals surface area contributed by atoms with E-state index in [1.165, 1.54) is 0 Å². The average molecular weight is 548 g/mol. The highest BCUT2D eigenvalue weighted by Crippen LogP contribution is 2.21. The van der Waals surface area contributed by atoms with E-state index in [0.29, 0.717) is 37.4 Å². The van der Waals surface area contributed by atoms with Gasteiger partial charge in [-0.3, -0.25) is 9.20 Å². The molecule has 40 heavy (non-hydrogen) atoms. The summed E-state index contributed by atoms with van der Waals surface area (Å²) < 4.78 is 12.7. The molecule has 0 saturated carbocycles. The SMILES string of the molecule is CC(C)(C)OC(=O)NCCCN(Cc1ccc(-c2cn3c(nc2=O)[nH]c2ccccc23)cc1)C(=O)OC(C)(C)C. The number of ether oxygens (including phenoxy) is 2. The highest BCUT2D eigenvalue weighted by Gasteiger charge is 2.23. The minimum Gasteiger partial charge on any atom is -0.444 e. The van der Waals surface area contributed by atoms with Gasteiger partial charge >= 0.3 is 12.2 Å². The third kappa shape index (κ3) is 7.40. The minimum absolute atomic E-state index is 0.306. The quantitative estimate of drug-likeness (QED) is 0.295. The number of rotatable bonds is 7. The molecule has 4 rings (SSSR count). The van der Waals surface area contributed by atoms with Crippen molar-refractivity contribution >= 4 is 29.0 Å². The lowest BCUT2D eigenvalue weighted by Gasteiger charge is -2.27. The highest BCUT2D eigenvalue weighted by atomic mass is 16.6. The molecule has 0 saturated heterocycles. The third-order valence-electron chi connectivity index (χ3n) is 5.90. The van der Waals surface area contributed by atoms with Crippen molar-refractivity contribution in [1.29, 1.82) is 0 Å². The molecule has 2 amide bonds. The predicted molar refractivity (Wildman–Crippen MR) is 154 cm³/mol. The van der Waals surface area contributed by atoms with E-state index in [0.717, 1.165) is 22.2 Å². The van der Waals surface area contributed by atoms with E-state index in [2.05, 4.69) is 15.3 Å². The summed E-state index contributed by atoms with van der Waals surface area (Å²) in [6.07, 6.45) is 1.37. The normalized spacial score (nSPS) is 11.9. The monoisotopic (exact) mass is 547 g/mol. The van der Waals surface area contributed by atoms with E-state index in [4.69, 9.17) is 9.47 Å². The number of nitrogens with zero attached hydrogens (tertiary/aromatic N) is 3. The maximum absolute atomic E-state index is 13.0. The Labute approximate surface area is 233 Å². The van der Waals surface area contributed by atoms with E-state index >= 15 is 0 Å². The summed E-state index contributed by atoms with van der Waals surface area (Å²) in [7, 11) is 0. The fraction of sp³-hybridized carbons (Fsp3) is 0.400. The van der Waals surface area contributed by atoms with Gasteiger partial charge in [0.15, 0.2) is 0 Å². The average Bonchev–Trinajstić information content (AvgIpc) is 3.21. The molecule has 2 aromatic carbocycles. The van der Waals surface area contributed by atoms with Crippen molar-refractivity contribution in [2.75, 3.05) is 13.1 Å². The van der Waals surface area contributed by atoms with Crippen LogP contribution < -0.4 is 10.9 Å². The van der Waals surface area contributed by atoms with Crippen molar-refractivity contribution in [1.82, 2.24) is 24.6 Å². The first kappa shape index (κ1) is 28.7. The molecule has 4 aromatic rings. The topological polar surface area (TPSA) is 118 Å². The lowest BCUT2D eigenvalue weighted by atomic mass is 10.1. The lowest BCUT2D eigenvalue weighted by Crippen LogP contribution is -2.38. The number of benzene rings is 2.